The first-order chi connectivity index (χ1) is 27.4. The number of likely N-dealkylation sites (tertiary alicyclic amines) is 1. The van der Waals surface area contributed by atoms with Crippen LogP contribution in [0.15, 0.2) is 115 Å². The van der Waals surface area contributed by atoms with Crippen molar-refractivity contribution < 1.29 is 37.3 Å². The number of hydrogen-bond donors (Lipinski definition) is 2. The summed E-state index contributed by atoms with van der Waals surface area (Å²) in [6, 6.07) is 37.3. The number of aliphatic hydroxyl groups is 1. The molecule has 0 aliphatic carbocycles. The molecule has 2 N–H and O–H groups in total. The van der Waals surface area contributed by atoms with Crippen molar-refractivity contribution in [2.24, 2.45) is 5.92 Å². The second-order valence-electron chi connectivity index (χ2n) is 15.2. The SMILES string of the molecule is C[C@@H]1[C@H](CN(C)[C@H](C)c2ccc3ccccc3c2)O[C@H](c2cccc(-c3cccc(CNC(=O)[C@@H]4CCCN4C(=O)C(F)(F)F)c3)c2)O[C@@H]1c1ccc(CO)cc1. The summed E-state index contributed by atoms with van der Waals surface area (Å²) < 4.78 is 53.0. The van der Waals surface area contributed by atoms with Gasteiger partial charge in [-0.05, 0) is 89.2 Å². The zero-order chi connectivity index (χ0) is 40.3. The third-order valence-corrected chi connectivity index (χ3v) is 11.5. The van der Waals surface area contributed by atoms with Crippen molar-refractivity contribution in [2.45, 2.75) is 76.6 Å². The van der Waals surface area contributed by atoms with Crippen LogP contribution in [0.4, 0.5) is 13.2 Å². The smallest absolute Gasteiger partial charge is 0.392 e. The number of fused-ring (bicyclic) bond motifs is 1. The van der Waals surface area contributed by atoms with Gasteiger partial charge < -0.3 is 24.8 Å². The van der Waals surface area contributed by atoms with E-state index in [1.54, 1.807) is 0 Å². The summed E-state index contributed by atoms with van der Waals surface area (Å²) in [6.45, 7) is 4.95. The van der Waals surface area contributed by atoms with Gasteiger partial charge in [0.2, 0.25) is 5.91 Å². The molecule has 6 atom stereocenters. The van der Waals surface area contributed by atoms with Crippen molar-refractivity contribution in [3.63, 3.8) is 0 Å². The van der Waals surface area contributed by atoms with Gasteiger partial charge >= 0.3 is 12.1 Å². The van der Waals surface area contributed by atoms with Crippen molar-refractivity contribution >= 4 is 22.6 Å². The molecule has 0 spiro atoms. The van der Waals surface area contributed by atoms with Gasteiger partial charge in [0.25, 0.3) is 0 Å². The van der Waals surface area contributed by atoms with Gasteiger partial charge in [-0.15, -0.1) is 0 Å². The summed E-state index contributed by atoms with van der Waals surface area (Å²) in [5, 5.41) is 14.8. The largest absolute Gasteiger partial charge is 0.471 e. The van der Waals surface area contributed by atoms with Gasteiger partial charge in [-0.3, -0.25) is 14.5 Å². The quantitative estimate of drug-likeness (QED) is 0.140. The highest BCUT2D eigenvalue weighted by Crippen LogP contribution is 2.43. The Morgan fingerprint density at radius 3 is 2.32 bits per heavy atom. The lowest BCUT2D eigenvalue weighted by Gasteiger charge is -2.43. The van der Waals surface area contributed by atoms with Gasteiger partial charge in [0.05, 0.1) is 18.8 Å². The second kappa shape index (κ2) is 17.2. The van der Waals surface area contributed by atoms with Crippen LogP contribution in [0.1, 0.15) is 72.9 Å². The van der Waals surface area contributed by atoms with Crippen molar-refractivity contribution in [2.75, 3.05) is 20.1 Å². The molecular formula is C46H48F3N3O5. The Kier molecular flexibility index (Phi) is 12.1. The summed E-state index contributed by atoms with van der Waals surface area (Å²) in [7, 11) is 2.12. The lowest BCUT2D eigenvalue weighted by molar-refractivity contribution is -0.276. The molecule has 5 aromatic carbocycles. The van der Waals surface area contributed by atoms with Gasteiger partial charge in [0, 0.05) is 37.2 Å². The monoisotopic (exact) mass is 779 g/mol. The molecule has 2 amide bonds. The number of hydrogen-bond acceptors (Lipinski definition) is 6. The average molecular weight is 780 g/mol. The van der Waals surface area contributed by atoms with Crippen LogP contribution in [0.3, 0.4) is 0 Å². The van der Waals surface area contributed by atoms with Crippen LogP contribution in [0.25, 0.3) is 21.9 Å². The van der Waals surface area contributed by atoms with E-state index in [0.717, 1.165) is 33.4 Å². The maximum absolute atomic E-state index is 13.1. The highest BCUT2D eigenvalue weighted by molar-refractivity contribution is 5.90. The molecule has 57 heavy (non-hydrogen) atoms. The van der Waals surface area contributed by atoms with Gasteiger partial charge in [0.1, 0.15) is 6.04 Å². The summed E-state index contributed by atoms with van der Waals surface area (Å²) in [4.78, 5) is 27.8. The van der Waals surface area contributed by atoms with E-state index < -0.39 is 30.3 Å². The van der Waals surface area contributed by atoms with E-state index in [0.29, 0.717) is 17.9 Å². The van der Waals surface area contributed by atoms with Crippen LogP contribution in [-0.4, -0.2) is 65.2 Å². The van der Waals surface area contributed by atoms with E-state index in [4.69, 9.17) is 9.47 Å². The number of benzene rings is 5. The van der Waals surface area contributed by atoms with E-state index in [1.165, 1.54) is 16.3 Å². The van der Waals surface area contributed by atoms with Crippen LogP contribution in [0.2, 0.25) is 0 Å². The molecule has 298 valence electrons. The minimum Gasteiger partial charge on any atom is -0.392 e. The van der Waals surface area contributed by atoms with Gasteiger partial charge in [-0.2, -0.15) is 13.2 Å². The Labute approximate surface area is 331 Å². The molecule has 2 aliphatic heterocycles. The fourth-order valence-corrected chi connectivity index (χ4v) is 7.97. The maximum Gasteiger partial charge on any atom is 0.471 e. The molecule has 2 saturated heterocycles. The molecule has 0 unspecified atom stereocenters. The number of likely N-dealkylation sites (N-methyl/N-ethyl adjacent to an activating group) is 1. The maximum atomic E-state index is 13.1. The lowest BCUT2D eigenvalue weighted by Crippen LogP contribution is -2.50. The summed E-state index contributed by atoms with van der Waals surface area (Å²) >= 11 is 0. The molecule has 0 saturated carbocycles. The molecule has 0 aromatic heterocycles. The fourth-order valence-electron chi connectivity index (χ4n) is 7.97. The minimum atomic E-state index is -5.03. The number of carbonyl (C=O) groups is 2. The number of alkyl halides is 3. The van der Waals surface area contributed by atoms with Crippen molar-refractivity contribution in [1.29, 1.82) is 0 Å². The fraction of sp³-hybridized carbons (Fsp3) is 0.348. The number of ether oxygens (including phenoxy) is 2. The van der Waals surface area contributed by atoms with E-state index in [-0.39, 0.29) is 50.3 Å². The number of rotatable bonds is 11. The van der Waals surface area contributed by atoms with Crippen LogP contribution >= 0.6 is 0 Å². The Hall–Kier alpha value is -5.07. The molecule has 0 radical (unpaired) electrons. The summed E-state index contributed by atoms with van der Waals surface area (Å²) in [5.41, 5.74) is 6.40. The number of nitrogens with zero attached hydrogens (tertiary/aromatic N) is 2. The second-order valence-corrected chi connectivity index (χ2v) is 15.2. The van der Waals surface area contributed by atoms with E-state index in [1.807, 2.05) is 78.9 Å². The first kappa shape index (κ1) is 40.1. The number of carbonyl (C=O) groups excluding carboxylic acids is 2. The van der Waals surface area contributed by atoms with Crippen molar-refractivity contribution in [1.82, 2.24) is 15.1 Å². The van der Waals surface area contributed by atoms with Crippen LogP contribution in [0, 0.1) is 5.92 Å². The zero-order valence-electron chi connectivity index (χ0n) is 32.3. The molecule has 11 heteroatoms. The lowest BCUT2D eigenvalue weighted by atomic mass is 9.89. The molecular weight excluding hydrogens is 732 g/mol. The van der Waals surface area contributed by atoms with Gasteiger partial charge in [-0.25, -0.2) is 0 Å². The third-order valence-electron chi connectivity index (χ3n) is 11.5. The van der Waals surface area contributed by atoms with Crippen molar-refractivity contribution in [3.8, 4) is 11.1 Å². The predicted molar refractivity (Wildman–Crippen MR) is 212 cm³/mol. The van der Waals surface area contributed by atoms with E-state index in [2.05, 4.69) is 67.5 Å². The third kappa shape index (κ3) is 9.07. The number of amides is 2. The topological polar surface area (TPSA) is 91.3 Å². The number of nitrogens with one attached hydrogen (secondary N) is 1. The highest BCUT2D eigenvalue weighted by Gasteiger charge is 2.47. The normalized spacial score (nSPS) is 21.8. The van der Waals surface area contributed by atoms with Gasteiger partial charge in [0.15, 0.2) is 6.29 Å². The molecule has 8 nitrogen and oxygen atoms in total. The van der Waals surface area contributed by atoms with E-state index in [9.17, 15) is 27.9 Å². The summed E-state index contributed by atoms with van der Waals surface area (Å²) in [6.07, 6.45) is -5.69. The highest BCUT2D eigenvalue weighted by atomic mass is 19.4. The zero-order valence-corrected chi connectivity index (χ0v) is 32.3. The number of halogens is 3. The van der Waals surface area contributed by atoms with Crippen molar-refractivity contribution in [3.05, 3.63) is 143 Å². The Balaban J connectivity index is 1.09. The Morgan fingerprint density at radius 1 is 0.860 bits per heavy atom. The predicted octanol–water partition coefficient (Wildman–Crippen LogP) is 8.65. The molecule has 7 rings (SSSR count). The molecule has 2 fully saturated rings. The standard InChI is InChI=1S/C46H48F3N3O5/c1-29-41(27-51(3)30(2)35-21-20-33-10-4-5-11-37(33)24-35)56-44(57-42(29)34-18-16-31(28-53)17-19-34)39-14-7-13-38(25-39)36-12-6-9-32(23-36)26-50-43(54)40-15-8-22-52(40)45(55)46(47,48)49/h4-7,9-14,16-21,23-25,29-30,40-42,44,53H,8,15,22,26-28H2,1-3H3,(H,50,54)/t29-,30-,40+,41+,42+,44+/m1/s1. The molecule has 0 bridgehead atoms. The average Bonchev–Trinajstić information content (AvgIpc) is 3.73. The van der Waals surface area contributed by atoms with Crippen LogP contribution in [0.5, 0.6) is 0 Å². The first-order valence-electron chi connectivity index (χ1n) is 19.4. The number of aliphatic hydroxyl groups excluding tert-OH is 1. The first-order valence-corrected chi connectivity index (χ1v) is 19.4. The Morgan fingerprint density at radius 2 is 1.58 bits per heavy atom. The molecule has 2 heterocycles. The molecule has 5 aromatic rings. The van der Waals surface area contributed by atoms with Crippen LogP contribution < -0.4 is 5.32 Å². The van der Waals surface area contributed by atoms with E-state index >= 15 is 0 Å². The van der Waals surface area contributed by atoms with Gasteiger partial charge in [-0.1, -0.05) is 104 Å². The minimum absolute atomic E-state index is 0.00884. The summed E-state index contributed by atoms with van der Waals surface area (Å²) in [5.74, 6) is -2.60. The molecule has 2 aliphatic rings. The Bertz CT molecular complexity index is 2190. The van der Waals surface area contributed by atoms with Crippen LogP contribution in [-0.2, 0) is 32.2 Å².